The van der Waals surface area contributed by atoms with Gasteiger partial charge in [0, 0.05) is 17.2 Å². The first-order chi connectivity index (χ1) is 6.60. The molecule has 0 heterocycles. The highest BCUT2D eigenvalue weighted by Crippen LogP contribution is 2.22. The van der Waals surface area contributed by atoms with Gasteiger partial charge in [0.05, 0.1) is 16.6 Å². The summed E-state index contributed by atoms with van der Waals surface area (Å²) in [5.74, 6) is 0. The summed E-state index contributed by atoms with van der Waals surface area (Å²) in [6.45, 7) is 1.48. The minimum Gasteiger partial charge on any atom is -0.298 e. The first-order valence-electron chi connectivity index (χ1n) is 3.74. The Labute approximate surface area is 79.7 Å². The molecular weight excluding hydrogens is 184 g/mol. The van der Waals surface area contributed by atoms with Crippen molar-refractivity contribution in [2.24, 2.45) is 0 Å². The number of carbonyl (C=O) groups is 1. The van der Waals surface area contributed by atoms with E-state index in [1.54, 1.807) is 6.07 Å². The number of hydrogen-bond donors (Lipinski definition) is 0. The summed E-state index contributed by atoms with van der Waals surface area (Å²) in [6.07, 6.45) is 0.503. The molecule has 1 rings (SSSR count). The molecule has 0 amide bonds. The van der Waals surface area contributed by atoms with Crippen LogP contribution >= 0.6 is 0 Å². The van der Waals surface area contributed by atoms with Gasteiger partial charge in [-0.05, 0) is 13.0 Å². The Bertz CT molecular complexity index is 446. The molecule has 0 radical (unpaired) electrons. The molecule has 0 atom stereocenters. The number of hydrogen-bond acceptors (Lipinski definition) is 4. The van der Waals surface area contributed by atoms with E-state index < -0.39 is 4.92 Å². The van der Waals surface area contributed by atoms with Gasteiger partial charge in [-0.15, -0.1) is 0 Å². The summed E-state index contributed by atoms with van der Waals surface area (Å²) < 4.78 is 0. The molecule has 0 saturated heterocycles. The van der Waals surface area contributed by atoms with Crippen molar-refractivity contribution in [3.8, 4) is 6.07 Å². The largest absolute Gasteiger partial charge is 0.298 e. The fourth-order valence-corrected chi connectivity index (χ4v) is 1.10. The van der Waals surface area contributed by atoms with Gasteiger partial charge in [-0.1, -0.05) is 0 Å². The molecule has 70 valence electrons. The predicted octanol–water partition coefficient (Wildman–Crippen LogP) is 1.59. The van der Waals surface area contributed by atoms with E-state index in [9.17, 15) is 14.9 Å². The second-order valence-corrected chi connectivity index (χ2v) is 2.70. The second-order valence-electron chi connectivity index (χ2n) is 2.70. The van der Waals surface area contributed by atoms with Crippen LogP contribution < -0.4 is 0 Å². The SMILES string of the molecule is Cc1c(C=O)cc(C#N)cc1[N+](=O)[O-]. The standard InChI is InChI=1S/C9H6N2O3/c1-6-8(5-12)2-7(4-10)3-9(6)11(13)14/h2-3,5H,1H3. The van der Waals surface area contributed by atoms with E-state index in [1.165, 1.54) is 13.0 Å². The van der Waals surface area contributed by atoms with E-state index in [2.05, 4.69) is 0 Å². The van der Waals surface area contributed by atoms with Crippen LogP contribution in [0.5, 0.6) is 0 Å². The lowest BCUT2D eigenvalue weighted by atomic mass is 10.0. The third-order valence-electron chi connectivity index (χ3n) is 1.87. The zero-order valence-corrected chi connectivity index (χ0v) is 7.35. The maximum absolute atomic E-state index is 10.5. The Morgan fingerprint density at radius 3 is 2.64 bits per heavy atom. The van der Waals surface area contributed by atoms with Crippen LogP contribution in [0.2, 0.25) is 0 Å². The van der Waals surface area contributed by atoms with Crippen LogP contribution in [0.25, 0.3) is 0 Å². The molecule has 1 aromatic rings. The van der Waals surface area contributed by atoms with Crippen LogP contribution in [-0.4, -0.2) is 11.2 Å². The average Bonchev–Trinajstić information content (AvgIpc) is 2.17. The molecule has 0 bridgehead atoms. The van der Waals surface area contributed by atoms with Crippen molar-refractivity contribution in [3.63, 3.8) is 0 Å². The lowest BCUT2D eigenvalue weighted by Gasteiger charge is -2.00. The molecule has 1 aromatic carbocycles. The molecular formula is C9H6N2O3. The van der Waals surface area contributed by atoms with Gasteiger partial charge in [0.15, 0.2) is 6.29 Å². The smallest absolute Gasteiger partial charge is 0.274 e. The molecule has 0 aliphatic carbocycles. The van der Waals surface area contributed by atoms with Crippen LogP contribution in [0, 0.1) is 28.4 Å². The molecule has 14 heavy (non-hydrogen) atoms. The molecule has 5 nitrogen and oxygen atoms in total. The second kappa shape index (κ2) is 3.66. The Morgan fingerprint density at radius 2 is 2.21 bits per heavy atom. The average molecular weight is 190 g/mol. The van der Waals surface area contributed by atoms with Gasteiger partial charge in [-0.2, -0.15) is 5.26 Å². The predicted molar refractivity (Wildman–Crippen MR) is 47.9 cm³/mol. The van der Waals surface area contributed by atoms with Crippen LogP contribution in [0.4, 0.5) is 5.69 Å². The van der Waals surface area contributed by atoms with Crippen molar-refractivity contribution in [1.29, 1.82) is 5.26 Å². The summed E-state index contributed by atoms with van der Waals surface area (Å²) in [7, 11) is 0. The van der Waals surface area contributed by atoms with Crippen molar-refractivity contribution in [2.75, 3.05) is 0 Å². The van der Waals surface area contributed by atoms with Gasteiger partial charge >= 0.3 is 0 Å². The third-order valence-corrected chi connectivity index (χ3v) is 1.87. The molecule has 0 aliphatic rings. The summed E-state index contributed by atoms with van der Waals surface area (Å²) >= 11 is 0. The maximum Gasteiger partial charge on any atom is 0.274 e. The number of nitro groups is 1. The molecule has 0 aromatic heterocycles. The van der Waals surface area contributed by atoms with E-state index in [0.717, 1.165) is 6.07 Å². The van der Waals surface area contributed by atoms with E-state index in [0.29, 0.717) is 6.29 Å². The number of rotatable bonds is 2. The number of nitro benzene ring substituents is 1. The molecule has 0 N–H and O–H groups in total. The van der Waals surface area contributed by atoms with E-state index in [4.69, 9.17) is 5.26 Å². The monoisotopic (exact) mass is 190 g/mol. The number of benzene rings is 1. The molecule has 0 saturated carbocycles. The van der Waals surface area contributed by atoms with Gasteiger partial charge in [0.2, 0.25) is 0 Å². The van der Waals surface area contributed by atoms with Crippen LogP contribution in [0.3, 0.4) is 0 Å². The highest BCUT2D eigenvalue weighted by molar-refractivity contribution is 5.80. The van der Waals surface area contributed by atoms with Gasteiger partial charge in [0.1, 0.15) is 0 Å². The minimum absolute atomic E-state index is 0.115. The molecule has 5 heteroatoms. The first-order valence-corrected chi connectivity index (χ1v) is 3.74. The van der Waals surface area contributed by atoms with E-state index in [1.807, 2.05) is 0 Å². The Morgan fingerprint density at radius 1 is 1.57 bits per heavy atom. The zero-order chi connectivity index (χ0) is 10.7. The molecule has 0 spiro atoms. The molecule has 0 unspecified atom stereocenters. The van der Waals surface area contributed by atoms with Gasteiger partial charge in [-0.25, -0.2) is 0 Å². The summed E-state index contributed by atoms with van der Waals surface area (Å²) in [4.78, 5) is 20.5. The van der Waals surface area contributed by atoms with Gasteiger partial charge in [0.25, 0.3) is 5.69 Å². The van der Waals surface area contributed by atoms with Crippen molar-refractivity contribution < 1.29 is 9.72 Å². The number of aldehydes is 1. The summed E-state index contributed by atoms with van der Waals surface area (Å²) in [6, 6.07) is 4.24. The minimum atomic E-state index is -0.608. The van der Waals surface area contributed by atoms with Crippen molar-refractivity contribution in [3.05, 3.63) is 38.9 Å². The Hall–Kier alpha value is -2.22. The van der Waals surface area contributed by atoms with Crippen LogP contribution in [-0.2, 0) is 0 Å². The fraction of sp³-hybridized carbons (Fsp3) is 0.111. The normalized spacial score (nSPS) is 9.14. The number of nitriles is 1. The molecule has 0 fully saturated rings. The maximum atomic E-state index is 10.5. The Balaban J connectivity index is 3.51. The lowest BCUT2D eigenvalue weighted by molar-refractivity contribution is -0.385. The van der Waals surface area contributed by atoms with Gasteiger partial charge < -0.3 is 0 Å². The quantitative estimate of drug-likeness (QED) is 0.402. The summed E-state index contributed by atoms with van der Waals surface area (Å²) in [5.41, 5.74) is 0.371. The molecule has 0 aliphatic heterocycles. The lowest BCUT2D eigenvalue weighted by Crippen LogP contribution is -1.97. The van der Waals surface area contributed by atoms with Crippen molar-refractivity contribution in [1.82, 2.24) is 0 Å². The summed E-state index contributed by atoms with van der Waals surface area (Å²) in [5, 5.41) is 19.1. The number of nitrogens with zero attached hydrogens (tertiary/aromatic N) is 2. The fourth-order valence-electron chi connectivity index (χ4n) is 1.10. The zero-order valence-electron chi connectivity index (χ0n) is 7.35. The topological polar surface area (TPSA) is 84.0 Å². The van der Waals surface area contributed by atoms with Crippen molar-refractivity contribution >= 4 is 12.0 Å². The first kappa shape index (κ1) is 9.86. The van der Waals surface area contributed by atoms with E-state index in [-0.39, 0.29) is 22.4 Å². The van der Waals surface area contributed by atoms with Crippen LogP contribution in [0.1, 0.15) is 21.5 Å². The van der Waals surface area contributed by atoms with Crippen LogP contribution in [0.15, 0.2) is 12.1 Å². The third kappa shape index (κ3) is 1.59. The Kier molecular flexibility index (Phi) is 2.58. The van der Waals surface area contributed by atoms with Gasteiger partial charge in [-0.3, -0.25) is 14.9 Å². The highest BCUT2D eigenvalue weighted by atomic mass is 16.6. The van der Waals surface area contributed by atoms with E-state index >= 15 is 0 Å². The highest BCUT2D eigenvalue weighted by Gasteiger charge is 2.15. The van der Waals surface area contributed by atoms with Crippen molar-refractivity contribution in [2.45, 2.75) is 6.92 Å². The number of carbonyl (C=O) groups excluding carboxylic acids is 1.